The second-order valence-corrected chi connectivity index (χ2v) is 9.38. The second-order valence-electron chi connectivity index (χ2n) is 9.38. The fourth-order valence-corrected chi connectivity index (χ4v) is 4.80. The van der Waals surface area contributed by atoms with Gasteiger partial charge in [-0.2, -0.15) is 5.10 Å². The third-order valence-electron chi connectivity index (χ3n) is 6.64. The third kappa shape index (κ3) is 4.58. The van der Waals surface area contributed by atoms with Gasteiger partial charge in [0.2, 0.25) is 0 Å². The first-order chi connectivity index (χ1) is 17.4. The maximum absolute atomic E-state index is 12.1. The minimum Gasteiger partial charge on any atom is -0.497 e. The smallest absolute Gasteiger partial charge is 0.415 e. The molecule has 0 bridgehead atoms. The number of hydrogen-bond acceptors (Lipinski definition) is 7. The lowest BCUT2D eigenvalue weighted by Crippen LogP contribution is -2.38. The Hall–Kier alpha value is -4.07. The highest BCUT2D eigenvalue weighted by Gasteiger charge is 2.44. The van der Waals surface area contributed by atoms with Crippen LogP contribution in [0, 0.1) is 5.92 Å². The zero-order valence-electron chi connectivity index (χ0n) is 20.5. The quantitative estimate of drug-likeness (QED) is 0.573. The van der Waals surface area contributed by atoms with Gasteiger partial charge in [-0.25, -0.2) is 4.79 Å². The molecule has 2 aromatic rings. The van der Waals surface area contributed by atoms with Crippen molar-refractivity contribution in [2.75, 3.05) is 7.11 Å². The molecule has 8 heteroatoms. The molecule has 2 aliphatic heterocycles. The summed E-state index contributed by atoms with van der Waals surface area (Å²) in [4.78, 5) is 23.6. The van der Waals surface area contributed by atoms with Crippen molar-refractivity contribution in [1.29, 1.82) is 0 Å². The maximum atomic E-state index is 12.1. The van der Waals surface area contributed by atoms with Crippen LogP contribution in [-0.4, -0.2) is 36.5 Å². The Balaban J connectivity index is 1.35. The number of allylic oxidation sites excluding steroid dienone is 1. The lowest BCUT2D eigenvalue weighted by molar-refractivity contribution is -0.129. The van der Waals surface area contributed by atoms with E-state index >= 15 is 0 Å². The molecule has 2 heterocycles. The molecule has 1 fully saturated rings. The molecule has 0 saturated carbocycles. The van der Waals surface area contributed by atoms with Crippen LogP contribution in [0.1, 0.15) is 37.0 Å². The van der Waals surface area contributed by atoms with Crippen molar-refractivity contribution in [2.45, 2.75) is 44.8 Å². The van der Waals surface area contributed by atoms with E-state index in [1.54, 1.807) is 14.0 Å². The molecule has 186 valence electrons. The van der Waals surface area contributed by atoms with E-state index < -0.39 is 17.6 Å². The molecule has 0 radical (unpaired) electrons. The number of methoxy groups -OCH3 is 1. The molecule has 2 N–H and O–H groups in total. The molecule has 0 spiro atoms. The molecule has 5 rings (SSSR count). The monoisotopic (exact) mass is 487 g/mol. The van der Waals surface area contributed by atoms with E-state index in [0.29, 0.717) is 5.75 Å². The fourth-order valence-electron chi connectivity index (χ4n) is 4.80. The number of carbonyl (C=O) groups is 2. The number of nitrogens with zero attached hydrogens (tertiary/aromatic N) is 1. The summed E-state index contributed by atoms with van der Waals surface area (Å²) in [6.07, 6.45) is 7.52. The van der Waals surface area contributed by atoms with E-state index in [1.165, 1.54) is 0 Å². The first-order valence-electron chi connectivity index (χ1n) is 12.1. The number of aryl methyl sites for hydroxylation is 1. The molecule has 1 saturated heterocycles. The number of ether oxygens (including phenoxy) is 3. The van der Waals surface area contributed by atoms with Crippen molar-refractivity contribution >= 4 is 17.7 Å². The summed E-state index contributed by atoms with van der Waals surface area (Å²) in [6, 6.07) is 13.8. The van der Waals surface area contributed by atoms with E-state index in [1.807, 2.05) is 42.5 Å². The molecule has 3 atom stereocenters. The van der Waals surface area contributed by atoms with Gasteiger partial charge in [-0.15, -0.1) is 0 Å². The van der Waals surface area contributed by atoms with Crippen molar-refractivity contribution < 1.29 is 23.8 Å². The Morgan fingerprint density at radius 2 is 2.03 bits per heavy atom. The summed E-state index contributed by atoms with van der Waals surface area (Å²) in [6.45, 7) is 3.74. The second kappa shape index (κ2) is 9.53. The van der Waals surface area contributed by atoms with Crippen molar-refractivity contribution in [3.8, 4) is 11.5 Å². The van der Waals surface area contributed by atoms with Crippen LogP contribution >= 0.6 is 0 Å². The van der Waals surface area contributed by atoms with Crippen LogP contribution in [0.5, 0.6) is 11.5 Å². The van der Waals surface area contributed by atoms with Gasteiger partial charge in [0.25, 0.3) is 5.91 Å². The summed E-state index contributed by atoms with van der Waals surface area (Å²) >= 11 is 0. The van der Waals surface area contributed by atoms with Crippen molar-refractivity contribution in [3.05, 3.63) is 83.1 Å². The van der Waals surface area contributed by atoms with Gasteiger partial charge in [0.1, 0.15) is 17.3 Å². The maximum Gasteiger partial charge on any atom is 0.415 e. The van der Waals surface area contributed by atoms with Gasteiger partial charge < -0.3 is 19.6 Å². The van der Waals surface area contributed by atoms with Gasteiger partial charge in [0.15, 0.2) is 5.60 Å². The minimum absolute atomic E-state index is 0.0799. The van der Waals surface area contributed by atoms with E-state index in [2.05, 4.69) is 41.0 Å². The number of hydrazone groups is 1. The largest absolute Gasteiger partial charge is 0.497 e. The average Bonchev–Trinajstić information content (AvgIpc) is 3.39. The normalized spacial score (nSPS) is 24.3. The van der Waals surface area contributed by atoms with Crippen LogP contribution in [0.25, 0.3) is 0 Å². The molecule has 8 nitrogen and oxygen atoms in total. The molecule has 3 aliphatic rings. The minimum atomic E-state index is -1.23. The molecule has 0 aromatic heterocycles. The lowest BCUT2D eigenvalue weighted by atomic mass is 9.87. The Bertz CT molecular complexity index is 1300. The number of rotatable bonds is 8. The molecular formula is C28H29N3O5. The van der Waals surface area contributed by atoms with Crippen LogP contribution in [-0.2, 0) is 27.1 Å². The Kier molecular flexibility index (Phi) is 6.26. The van der Waals surface area contributed by atoms with Gasteiger partial charge in [-0.05, 0) is 72.5 Å². The Morgan fingerprint density at radius 1 is 1.17 bits per heavy atom. The van der Waals surface area contributed by atoms with Crippen molar-refractivity contribution in [2.24, 2.45) is 11.0 Å². The van der Waals surface area contributed by atoms with Gasteiger partial charge in [-0.3, -0.25) is 10.1 Å². The summed E-state index contributed by atoms with van der Waals surface area (Å²) in [5, 5.41) is 6.81. The predicted molar refractivity (Wildman–Crippen MR) is 135 cm³/mol. The number of carbonyl (C=O) groups excluding carboxylic acids is 2. The van der Waals surface area contributed by atoms with E-state index in [9.17, 15) is 9.59 Å². The number of alkyl carbamates (subject to hydrolysis) is 1. The highest BCUT2D eigenvalue weighted by Crippen LogP contribution is 2.32. The summed E-state index contributed by atoms with van der Waals surface area (Å²) in [7, 11) is 1.67. The van der Waals surface area contributed by atoms with Crippen LogP contribution in [0.15, 0.2) is 71.6 Å². The highest BCUT2D eigenvalue weighted by molar-refractivity contribution is 6.05. The SMILES string of the molecule is CCCc1cc(C2=NNC3C=C(OC)C=CC23)ccc1Oc1cccc(C[C@@]2(C)OC(=O)NC2=O)c1. The molecule has 36 heavy (non-hydrogen) atoms. The van der Waals surface area contributed by atoms with Crippen molar-refractivity contribution in [1.82, 2.24) is 10.7 Å². The van der Waals surface area contributed by atoms with Crippen LogP contribution in [0.2, 0.25) is 0 Å². The Morgan fingerprint density at radius 3 is 2.78 bits per heavy atom. The van der Waals surface area contributed by atoms with Gasteiger partial charge >= 0.3 is 6.09 Å². The number of cyclic esters (lactones) is 1. The first-order valence-corrected chi connectivity index (χ1v) is 12.1. The lowest BCUT2D eigenvalue weighted by Gasteiger charge is -2.20. The van der Waals surface area contributed by atoms with Crippen LogP contribution in [0.4, 0.5) is 4.79 Å². The Labute approximate surface area is 210 Å². The molecular weight excluding hydrogens is 458 g/mol. The van der Waals surface area contributed by atoms with E-state index in [-0.39, 0.29) is 18.4 Å². The zero-order valence-corrected chi connectivity index (χ0v) is 20.5. The van der Waals surface area contributed by atoms with Crippen LogP contribution in [0.3, 0.4) is 0 Å². The summed E-state index contributed by atoms with van der Waals surface area (Å²) in [5.41, 5.74) is 5.95. The molecule has 2 amide bonds. The summed E-state index contributed by atoms with van der Waals surface area (Å²) in [5.74, 6) is 1.97. The van der Waals surface area contributed by atoms with Crippen molar-refractivity contribution in [3.63, 3.8) is 0 Å². The number of amides is 2. The fraction of sp³-hybridized carbons (Fsp3) is 0.321. The van der Waals surface area contributed by atoms with Crippen LogP contribution < -0.4 is 15.5 Å². The molecule has 2 aromatic carbocycles. The van der Waals surface area contributed by atoms with E-state index in [4.69, 9.17) is 14.2 Å². The first kappa shape index (κ1) is 23.7. The summed E-state index contributed by atoms with van der Waals surface area (Å²) < 4.78 is 16.9. The number of benzene rings is 2. The average molecular weight is 488 g/mol. The highest BCUT2D eigenvalue weighted by atomic mass is 16.6. The van der Waals surface area contributed by atoms with E-state index in [0.717, 1.165) is 46.8 Å². The van der Waals surface area contributed by atoms with Gasteiger partial charge in [0.05, 0.1) is 18.9 Å². The predicted octanol–water partition coefficient (Wildman–Crippen LogP) is 4.39. The number of hydrogen-bond donors (Lipinski definition) is 2. The van der Waals surface area contributed by atoms with Gasteiger partial charge in [-0.1, -0.05) is 31.6 Å². The molecule has 2 unspecified atom stereocenters. The molecule has 1 aliphatic carbocycles. The zero-order chi connectivity index (χ0) is 25.3. The van der Waals surface area contributed by atoms with Gasteiger partial charge in [0, 0.05) is 12.3 Å². The number of fused-ring (bicyclic) bond motifs is 1. The third-order valence-corrected chi connectivity index (χ3v) is 6.64. The topological polar surface area (TPSA) is 98.2 Å². The number of nitrogens with one attached hydrogen (secondary N) is 2. The standard InChI is InChI=1S/C28H29N3O5/c1-4-6-18-14-19(25-22-11-10-20(34-3)15-23(22)30-31-25)9-12-24(18)35-21-8-5-7-17(13-21)16-28(2)26(32)29-27(33)36-28/h5,7-15,22-23,30H,4,6,16H2,1-3H3,(H,29,32,33)/t22?,23?,28-/m1/s1. The number of imide groups is 1.